The molecule has 8 aromatic carbocycles. The van der Waals surface area contributed by atoms with E-state index in [0.717, 1.165) is 33.4 Å². The Hall–Kier alpha value is -6.58. The molecule has 10 aromatic rings. The highest BCUT2D eigenvalue weighted by Gasteiger charge is 2.16. The molecule has 0 saturated carbocycles. The lowest BCUT2D eigenvalue weighted by Gasteiger charge is -2.13. The number of aryl methyl sites for hydroxylation is 2. The van der Waals surface area contributed by atoms with Gasteiger partial charge >= 0.3 is 0 Å². The van der Waals surface area contributed by atoms with Crippen molar-refractivity contribution in [2.45, 2.75) is 13.8 Å². The van der Waals surface area contributed by atoms with Crippen LogP contribution in [0, 0.1) is 13.8 Å². The van der Waals surface area contributed by atoms with E-state index in [1.807, 2.05) is 6.07 Å². The first-order valence-electron chi connectivity index (χ1n) is 17.5. The minimum absolute atomic E-state index is 0.714. The van der Waals surface area contributed by atoms with Crippen LogP contribution in [0.5, 0.6) is 0 Å². The quantitative estimate of drug-likeness (QED) is 0.190. The first-order valence-corrected chi connectivity index (χ1v) is 17.5. The van der Waals surface area contributed by atoms with E-state index in [9.17, 15) is 0 Å². The van der Waals surface area contributed by atoms with E-state index in [2.05, 4.69) is 176 Å². The number of nitrogens with zero attached hydrogens (tertiary/aromatic N) is 3. The summed E-state index contributed by atoms with van der Waals surface area (Å²) < 4.78 is 2.37. The number of hydrogen-bond donors (Lipinski definition) is 0. The zero-order valence-electron chi connectivity index (χ0n) is 28.4. The Morgan fingerprint density at radius 2 is 1.14 bits per heavy atom. The van der Waals surface area contributed by atoms with Crippen molar-refractivity contribution in [3.8, 4) is 39.5 Å². The average Bonchev–Trinajstić information content (AvgIpc) is 3.52. The smallest absolute Gasteiger partial charge is 0.160 e. The molecule has 2 heterocycles. The topological polar surface area (TPSA) is 30.7 Å². The van der Waals surface area contributed by atoms with Gasteiger partial charge in [-0.1, -0.05) is 109 Å². The van der Waals surface area contributed by atoms with Crippen molar-refractivity contribution in [1.29, 1.82) is 0 Å². The summed E-state index contributed by atoms with van der Waals surface area (Å²) in [5, 5.41) is 8.70. The van der Waals surface area contributed by atoms with Gasteiger partial charge in [-0.3, -0.25) is 0 Å². The third kappa shape index (κ3) is 4.74. The van der Waals surface area contributed by atoms with E-state index >= 15 is 0 Å². The van der Waals surface area contributed by atoms with Gasteiger partial charge in [0, 0.05) is 33.0 Å². The van der Waals surface area contributed by atoms with Crippen LogP contribution >= 0.6 is 0 Å². The van der Waals surface area contributed by atoms with Gasteiger partial charge in [0.25, 0.3) is 0 Å². The Morgan fingerprint density at radius 1 is 0.412 bits per heavy atom. The Kier molecular flexibility index (Phi) is 6.62. The zero-order valence-corrected chi connectivity index (χ0v) is 28.4. The lowest BCUT2D eigenvalue weighted by Crippen LogP contribution is -1.97. The first-order chi connectivity index (χ1) is 25.1. The fraction of sp³-hybridized carbons (Fsp3) is 0.0417. The van der Waals surface area contributed by atoms with Crippen LogP contribution < -0.4 is 0 Å². The van der Waals surface area contributed by atoms with Gasteiger partial charge in [0.05, 0.1) is 22.2 Å². The molecule has 51 heavy (non-hydrogen) atoms. The molecular weight excluding hydrogens is 619 g/mol. The fourth-order valence-electron chi connectivity index (χ4n) is 8.08. The van der Waals surface area contributed by atoms with Crippen LogP contribution in [0.1, 0.15) is 11.1 Å². The molecule has 0 unspecified atom stereocenters. The van der Waals surface area contributed by atoms with Crippen LogP contribution in [0.4, 0.5) is 0 Å². The molecule has 3 heteroatoms. The summed E-state index contributed by atoms with van der Waals surface area (Å²) in [6.45, 7) is 4.40. The standard InChI is InChI=1S/C48H33N3/c1-30-11-9-14-35-29-37(27-31(2)45(30)35)34-13-10-15-36(28-34)47-40-17-5-7-19-42(40)49-48(50-47)33-21-24-38(25-22-33)51-43-20-8-6-18-41(43)46-39-16-4-3-12-32(39)23-26-44(46)51/h3-29H,1-2H3. The summed E-state index contributed by atoms with van der Waals surface area (Å²) >= 11 is 0. The average molecular weight is 652 g/mol. The maximum Gasteiger partial charge on any atom is 0.160 e. The van der Waals surface area contributed by atoms with Crippen molar-refractivity contribution in [3.63, 3.8) is 0 Å². The molecule has 0 aliphatic rings. The maximum atomic E-state index is 5.26. The molecule has 0 atom stereocenters. The molecule has 0 bridgehead atoms. The van der Waals surface area contributed by atoms with Gasteiger partial charge in [-0.25, -0.2) is 9.97 Å². The van der Waals surface area contributed by atoms with Crippen molar-refractivity contribution < 1.29 is 0 Å². The van der Waals surface area contributed by atoms with E-state index in [0.29, 0.717) is 5.82 Å². The summed E-state index contributed by atoms with van der Waals surface area (Å²) in [5.41, 5.74) is 12.4. The minimum atomic E-state index is 0.714. The summed E-state index contributed by atoms with van der Waals surface area (Å²) in [4.78, 5) is 10.3. The maximum absolute atomic E-state index is 5.26. The van der Waals surface area contributed by atoms with Gasteiger partial charge in [-0.15, -0.1) is 0 Å². The number of para-hydroxylation sites is 2. The van der Waals surface area contributed by atoms with E-state index in [1.54, 1.807) is 0 Å². The number of fused-ring (bicyclic) bond motifs is 7. The second kappa shape index (κ2) is 11.5. The highest BCUT2D eigenvalue weighted by molar-refractivity contribution is 6.21. The van der Waals surface area contributed by atoms with Crippen molar-refractivity contribution in [2.75, 3.05) is 0 Å². The third-order valence-corrected chi connectivity index (χ3v) is 10.4. The van der Waals surface area contributed by atoms with Crippen LogP contribution in [0.2, 0.25) is 0 Å². The second-order valence-corrected chi connectivity index (χ2v) is 13.5. The summed E-state index contributed by atoms with van der Waals surface area (Å²) in [7, 11) is 0. The molecule has 3 nitrogen and oxygen atoms in total. The highest BCUT2D eigenvalue weighted by Crippen LogP contribution is 2.38. The van der Waals surface area contributed by atoms with Gasteiger partial charge in [0.15, 0.2) is 5.82 Å². The van der Waals surface area contributed by atoms with E-state index in [4.69, 9.17) is 9.97 Å². The molecular formula is C48H33N3. The minimum Gasteiger partial charge on any atom is -0.309 e. The number of hydrogen-bond acceptors (Lipinski definition) is 2. The lowest BCUT2D eigenvalue weighted by atomic mass is 9.94. The van der Waals surface area contributed by atoms with E-state index in [1.165, 1.54) is 65.6 Å². The Labute approximate surface area is 296 Å². The van der Waals surface area contributed by atoms with Crippen molar-refractivity contribution in [2.24, 2.45) is 0 Å². The highest BCUT2D eigenvalue weighted by atomic mass is 15.0. The fourth-order valence-corrected chi connectivity index (χ4v) is 8.08. The molecule has 0 amide bonds. The van der Waals surface area contributed by atoms with Crippen LogP contribution in [0.3, 0.4) is 0 Å². The second-order valence-electron chi connectivity index (χ2n) is 13.5. The Balaban J connectivity index is 1.09. The van der Waals surface area contributed by atoms with E-state index in [-0.39, 0.29) is 0 Å². The SMILES string of the molecule is Cc1cccc2cc(-c3cccc(-c4nc(-c5ccc(-n6c7ccccc7c7c8ccccc8ccc76)cc5)nc5ccccc45)c3)cc(C)c12. The number of aromatic nitrogens is 3. The summed E-state index contributed by atoms with van der Waals surface area (Å²) in [5.74, 6) is 0.714. The van der Waals surface area contributed by atoms with Crippen molar-refractivity contribution >= 4 is 54.3 Å². The van der Waals surface area contributed by atoms with Crippen LogP contribution in [0.25, 0.3) is 93.7 Å². The molecule has 0 radical (unpaired) electrons. The normalized spacial score (nSPS) is 11.7. The van der Waals surface area contributed by atoms with Crippen molar-refractivity contribution in [3.05, 3.63) is 175 Å². The van der Waals surface area contributed by atoms with Gasteiger partial charge in [0.2, 0.25) is 0 Å². The molecule has 0 spiro atoms. The largest absolute Gasteiger partial charge is 0.309 e. The van der Waals surface area contributed by atoms with Gasteiger partial charge in [-0.05, 0) is 112 Å². The molecule has 0 fully saturated rings. The Bertz CT molecular complexity index is 2990. The van der Waals surface area contributed by atoms with Crippen LogP contribution in [-0.4, -0.2) is 14.5 Å². The molecule has 0 aliphatic heterocycles. The zero-order chi connectivity index (χ0) is 34.1. The number of rotatable bonds is 4. The van der Waals surface area contributed by atoms with Gasteiger partial charge < -0.3 is 4.57 Å². The first kappa shape index (κ1) is 29.3. The summed E-state index contributed by atoms with van der Waals surface area (Å²) in [6.07, 6.45) is 0. The summed E-state index contributed by atoms with van der Waals surface area (Å²) in [6, 6.07) is 58.8. The number of benzene rings is 8. The molecule has 0 aliphatic carbocycles. The van der Waals surface area contributed by atoms with Gasteiger partial charge in [0.1, 0.15) is 0 Å². The predicted molar refractivity (Wildman–Crippen MR) is 215 cm³/mol. The molecule has 2 aromatic heterocycles. The third-order valence-electron chi connectivity index (χ3n) is 10.4. The predicted octanol–water partition coefficient (Wildman–Crippen LogP) is 12.7. The molecule has 10 rings (SSSR count). The molecule has 0 saturated heterocycles. The van der Waals surface area contributed by atoms with Crippen LogP contribution in [0.15, 0.2) is 164 Å². The molecule has 0 N–H and O–H groups in total. The lowest BCUT2D eigenvalue weighted by molar-refractivity contribution is 1.17. The Morgan fingerprint density at radius 3 is 2.02 bits per heavy atom. The monoisotopic (exact) mass is 651 g/mol. The van der Waals surface area contributed by atoms with E-state index < -0.39 is 0 Å². The van der Waals surface area contributed by atoms with Gasteiger partial charge in [-0.2, -0.15) is 0 Å². The van der Waals surface area contributed by atoms with Crippen LogP contribution in [-0.2, 0) is 0 Å². The van der Waals surface area contributed by atoms with Crippen molar-refractivity contribution in [1.82, 2.24) is 14.5 Å². The molecule has 240 valence electrons.